The van der Waals surface area contributed by atoms with Crippen LogP contribution in [0.15, 0.2) is 18.7 Å². The van der Waals surface area contributed by atoms with Gasteiger partial charge in [-0.15, -0.1) is 0 Å². The van der Waals surface area contributed by atoms with Gasteiger partial charge in [0, 0.05) is 25.5 Å². The predicted molar refractivity (Wildman–Crippen MR) is 79.5 cm³/mol. The molecule has 1 aromatic heterocycles. The van der Waals surface area contributed by atoms with Crippen LogP contribution >= 0.6 is 0 Å². The summed E-state index contributed by atoms with van der Waals surface area (Å²) in [6.07, 6.45) is 0.200. The molecule has 1 amide bonds. The van der Waals surface area contributed by atoms with Crippen molar-refractivity contribution in [2.75, 3.05) is 25.4 Å². The second kappa shape index (κ2) is 6.71. The van der Waals surface area contributed by atoms with E-state index in [1.807, 2.05) is 5.32 Å². The van der Waals surface area contributed by atoms with Crippen molar-refractivity contribution in [1.82, 2.24) is 19.2 Å². The van der Waals surface area contributed by atoms with E-state index in [1.165, 1.54) is 30.2 Å². The number of hydrogen-bond acceptors (Lipinski definition) is 4. The largest absolute Gasteiger partial charge is 0.405 e. The van der Waals surface area contributed by atoms with Gasteiger partial charge in [-0.3, -0.25) is 4.79 Å². The molecule has 1 aliphatic rings. The number of nitrogens with one attached hydrogen (secondary N) is 1. The molecule has 1 fully saturated rings. The summed E-state index contributed by atoms with van der Waals surface area (Å²) in [4.78, 5) is 16.4. The third kappa shape index (κ3) is 3.89. The number of hydrogen-bond donors (Lipinski definition) is 1. The Hall–Kier alpha value is -1.62. The first-order valence-electron chi connectivity index (χ1n) is 7.42. The molecule has 0 saturated carbocycles. The SMILES string of the molecule is CCS(=O)(=O)N1CCCC(C(=O)NCC(F)(F)F)(n2ccnc2)C1. The molecular formula is C13H19F3N4O3S. The molecular weight excluding hydrogens is 349 g/mol. The number of alkyl halides is 3. The van der Waals surface area contributed by atoms with E-state index in [1.54, 1.807) is 0 Å². The standard InChI is InChI=1S/C13H19F3N4O3S/c1-2-24(22,23)20-6-3-4-12(9-20,19-7-5-17-10-19)11(21)18-8-13(14,15)16/h5,7,10H,2-4,6,8-9H2,1H3,(H,18,21). The Morgan fingerprint density at radius 1 is 1.42 bits per heavy atom. The van der Waals surface area contributed by atoms with E-state index in [-0.39, 0.29) is 25.3 Å². The smallest absolute Gasteiger partial charge is 0.345 e. The number of amides is 1. The lowest BCUT2D eigenvalue weighted by molar-refractivity contribution is -0.145. The van der Waals surface area contributed by atoms with Crippen molar-refractivity contribution in [3.8, 4) is 0 Å². The zero-order valence-electron chi connectivity index (χ0n) is 13.1. The van der Waals surface area contributed by atoms with Crippen molar-refractivity contribution in [3.63, 3.8) is 0 Å². The minimum Gasteiger partial charge on any atom is -0.345 e. The summed E-state index contributed by atoms with van der Waals surface area (Å²) in [7, 11) is -3.56. The lowest BCUT2D eigenvalue weighted by Gasteiger charge is -2.41. The molecule has 2 heterocycles. The average molecular weight is 368 g/mol. The van der Waals surface area contributed by atoms with Crippen LogP contribution in [0.2, 0.25) is 0 Å². The third-order valence-corrected chi connectivity index (χ3v) is 5.89. The van der Waals surface area contributed by atoms with E-state index in [9.17, 15) is 26.4 Å². The molecule has 0 aromatic carbocycles. The van der Waals surface area contributed by atoms with Gasteiger partial charge in [-0.25, -0.2) is 13.4 Å². The molecule has 1 unspecified atom stereocenters. The summed E-state index contributed by atoms with van der Waals surface area (Å²) in [5.74, 6) is -1.01. The van der Waals surface area contributed by atoms with Gasteiger partial charge in [0.1, 0.15) is 12.1 Å². The minimum atomic E-state index is -4.55. The molecule has 24 heavy (non-hydrogen) atoms. The van der Waals surface area contributed by atoms with Crippen molar-refractivity contribution in [3.05, 3.63) is 18.7 Å². The number of sulfonamides is 1. The molecule has 136 valence electrons. The summed E-state index contributed by atoms with van der Waals surface area (Å²) in [5, 5.41) is 1.88. The summed E-state index contributed by atoms with van der Waals surface area (Å²) < 4.78 is 64.1. The topological polar surface area (TPSA) is 84.3 Å². The number of imidazole rings is 1. The zero-order chi connectivity index (χ0) is 18.0. The molecule has 1 aliphatic heterocycles. The Morgan fingerprint density at radius 2 is 2.12 bits per heavy atom. The summed E-state index contributed by atoms with van der Waals surface area (Å²) in [5.41, 5.74) is -1.44. The summed E-state index contributed by atoms with van der Waals surface area (Å²) >= 11 is 0. The molecule has 0 spiro atoms. The lowest BCUT2D eigenvalue weighted by Crippen LogP contribution is -2.59. The van der Waals surface area contributed by atoms with Crippen LogP contribution in [0.3, 0.4) is 0 Å². The fraction of sp³-hybridized carbons (Fsp3) is 0.692. The van der Waals surface area contributed by atoms with Gasteiger partial charge in [0.2, 0.25) is 15.9 Å². The first kappa shape index (κ1) is 18.7. The fourth-order valence-electron chi connectivity index (χ4n) is 2.79. The van der Waals surface area contributed by atoms with Gasteiger partial charge < -0.3 is 9.88 Å². The van der Waals surface area contributed by atoms with Crippen molar-refractivity contribution >= 4 is 15.9 Å². The van der Waals surface area contributed by atoms with Crippen LogP contribution in [0.4, 0.5) is 13.2 Å². The molecule has 7 nitrogen and oxygen atoms in total. The Balaban J connectivity index is 2.33. The fourth-order valence-corrected chi connectivity index (χ4v) is 3.97. The van der Waals surface area contributed by atoms with Crippen molar-refractivity contribution in [1.29, 1.82) is 0 Å². The van der Waals surface area contributed by atoms with E-state index in [0.717, 1.165) is 4.31 Å². The second-order valence-corrected chi connectivity index (χ2v) is 7.89. The average Bonchev–Trinajstić information content (AvgIpc) is 3.06. The van der Waals surface area contributed by atoms with E-state index in [0.29, 0.717) is 6.42 Å². The number of carbonyl (C=O) groups excluding carboxylic acids is 1. The van der Waals surface area contributed by atoms with E-state index >= 15 is 0 Å². The second-order valence-electron chi connectivity index (χ2n) is 5.64. The lowest BCUT2D eigenvalue weighted by atomic mass is 9.88. The van der Waals surface area contributed by atoms with E-state index in [4.69, 9.17) is 0 Å². The number of piperidine rings is 1. The maximum Gasteiger partial charge on any atom is 0.405 e. The summed E-state index contributed by atoms with van der Waals surface area (Å²) in [6, 6.07) is 0. The molecule has 0 aliphatic carbocycles. The minimum absolute atomic E-state index is 0.142. The quantitative estimate of drug-likeness (QED) is 0.829. The van der Waals surface area contributed by atoms with Crippen LogP contribution in [0.25, 0.3) is 0 Å². The highest BCUT2D eigenvalue weighted by Crippen LogP contribution is 2.31. The summed E-state index contributed by atoms with van der Waals surface area (Å²) in [6.45, 7) is 0.0256. The number of nitrogens with zero attached hydrogens (tertiary/aromatic N) is 3. The van der Waals surface area contributed by atoms with Gasteiger partial charge >= 0.3 is 6.18 Å². The highest BCUT2D eigenvalue weighted by molar-refractivity contribution is 7.89. The van der Waals surface area contributed by atoms with Crippen molar-refractivity contribution < 1.29 is 26.4 Å². The molecule has 1 aromatic rings. The normalized spacial score (nSPS) is 23.2. The Morgan fingerprint density at radius 3 is 2.67 bits per heavy atom. The van der Waals surface area contributed by atoms with Crippen LogP contribution in [0, 0.1) is 0 Å². The van der Waals surface area contributed by atoms with Gasteiger partial charge in [-0.1, -0.05) is 0 Å². The van der Waals surface area contributed by atoms with Crippen LogP contribution < -0.4 is 5.32 Å². The van der Waals surface area contributed by atoms with Gasteiger partial charge in [0.15, 0.2) is 0 Å². The maximum atomic E-state index is 12.5. The molecule has 1 atom stereocenters. The molecule has 0 radical (unpaired) electrons. The van der Waals surface area contributed by atoms with Gasteiger partial charge in [0.25, 0.3) is 0 Å². The number of halogens is 3. The number of carbonyl (C=O) groups is 1. The molecule has 1 saturated heterocycles. The molecule has 0 bridgehead atoms. The van der Waals surface area contributed by atoms with Crippen molar-refractivity contribution in [2.45, 2.75) is 31.5 Å². The Bertz CT molecular complexity index is 675. The maximum absolute atomic E-state index is 12.5. The van der Waals surface area contributed by atoms with Crippen molar-refractivity contribution in [2.24, 2.45) is 0 Å². The Kier molecular flexibility index (Phi) is 5.23. The predicted octanol–water partition coefficient (Wildman–Crippen LogP) is 0.702. The van der Waals surface area contributed by atoms with Gasteiger partial charge in [-0.2, -0.15) is 17.5 Å². The monoisotopic (exact) mass is 368 g/mol. The van der Waals surface area contributed by atoms with Crippen LogP contribution in [-0.2, 0) is 20.4 Å². The van der Waals surface area contributed by atoms with E-state index in [2.05, 4.69) is 4.98 Å². The number of rotatable bonds is 5. The zero-order valence-corrected chi connectivity index (χ0v) is 13.9. The van der Waals surface area contributed by atoms with Gasteiger partial charge in [-0.05, 0) is 19.8 Å². The van der Waals surface area contributed by atoms with Crippen LogP contribution in [0.1, 0.15) is 19.8 Å². The Labute approximate surface area is 137 Å². The molecule has 11 heteroatoms. The third-order valence-electron chi connectivity index (χ3n) is 4.06. The highest BCUT2D eigenvalue weighted by Gasteiger charge is 2.47. The number of aromatic nitrogens is 2. The van der Waals surface area contributed by atoms with E-state index < -0.39 is 34.2 Å². The van der Waals surface area contributed by atoms with Crippen LogP contribution in [-0.4, -0.2) is 59.7 Å². The first-order valence-corrected chi connectivity index (χ1v) is 9.03. The molecule has 1 N–H and O–H groups in total. The van der Waals surface area contributed by atoms with Gasteiger partial charge in [0.05, 0.1) is 12.1 Å². The van der Waals surface area contributed by atoms with Crippen LogP contribution in [0.5, 0.6) is 0 Å². The first-order chi connectivity index (χ1) is 11.1. The molecule has 2 rings (SSSR count). The highest BCUT2D eigenvalue weighted by atomic mass is 32.2.